The number of hydrogen-bond donors (Lipinski definition) is 1. The lowest BCUT2D eigenvalue weighted by molar-refractivity contribution is 0.0743. The monoisotopic (exact) mass is 256 g/mol. The summed E-state index contributed by atoms with van der Waals surface area (Å²) >= 11 is 0. The lowest BCUT2D eigenvalue weighted by Crippen LogP contribution is -2.26. The van der Waals surface area contributed by atoms with Gasteiger partial charge in [0.05, 0.1) is 24.5 Å². The smallest absolute Gasteiger partial charge is 0.273 e. The van der Waals surface area contributed by atoms with Crippen molar-refractivity contribution in [2.24, 2.45) is 0 Å². The van der Waals surface area contributed by atoms with Gasteiger partial charge in [-0.25, -0.2) is 0 Å². The van der Waals surface area contributed by atoms with Gasteiger partial charge in [-0.15, -0.1) is 0 Å². The number of rotatable bonds is 2. The summed E-state index contributed by atoms with van der Waals surface area (Å²) in [5.74, 6) is 0.338. The number of nitrogens with zero attached hydrogens (tertiary/aromatic N) is 3. The average molecular weight is 256 g/mol. The quantitative estimate of drug-likeness (QED) is 0.894. The Morgan fingerprint density at radius 3 is 2.89 bits per heavy atom. The van der Waals surface area contributed by atoms with Crippen LogP contribution in [-0.4, -0.2) is 26.0 Å². The van der Waals surface area contributed by atoms with Gasteiger partial charge in [0.2, 0.25) is 0 Å². The molecule has 1 amide bonds. The summed E-state index contributed by atoms with van der Waals surface area (Å²) in [5, 5.41) is 7.36. The van der Waals surface area contributed by atoms with Gasteiger partial charge in [-0.2, -0.15) is 5.10 Å². The summed E-state index contributed by atoms with van der Waals surface area (Å²) in [4.78, 5) is 18.2. The normalized spacial score (nSPS) is 13.9. The standard InChI is InChI=1S/C14H16N4O/c1-9(2)13-10-7-18(8-12(10)16-17-13)14(19)11-5-3-4-6-15-11/h3-6,9H,7-8H2,1-2H3,(H,16,17). The molecule has 0 aromatic carbocycles. The van der Waals surface area contributed by atoms with Crippen molar-refractivity contribution >= 4 is 5.91 Å². The van der Waals surface area contributed by atoms with Gasteiger partial charge in [-0.1, -0.05) is 19.9 Å². The number of carbonyl (C=O) groups excluding carboxylic acids is 1. The zero-order valence-electron chi connectivity index (χ0n) is 11.1. The number of aromatic nitrogens is 3. The van der Waals surface area contributed by atoms with Gasteiger partial charge in [-0.05, 0) is 18.1 Å². The predicted molar refractivity (Wildman–Crippen MR) is 70.5 cm³/mol. The molecule has 0 bridgehead atoms. The molecule has 1 aliphatic heterocycles. The number of fused-ring (bicyclic) bond motifs is 1. The maximum atomic E-state index is 12.3. The fourth-order valence-electron chi connectivity index (χ4n) is 2.43. The second kappa shape index (κ2) is 4.50. The molecule has 0 fully saturated rings. The minimum absolute atomic E-state index is 0.0279. The molecule has 2 aromatic heterocycles. The van der Waals surface area contributed by atoms with Crippen LogP contribution in [0.1, 0.15) is 47.2 Å². The van der Waals surface area contributed by atoms with Crippen molar-refractivity contribution in [2.75, 3.05) is 0 Å². The summed E-state index contributed by atoms with van der Waals surface area (Å²) in [7, 11) is 0. The van der Waals surface area contributed by atoms with Crippen molar-refractivity contribution in [1.82, 2.24) is 20.1 Å². The number of carbonyl (C=O) groups is 1. The second-order valence-electron chi connectivity index (χ2n) is 5.10. The van der Waals surface area contributed by atoms with Crippen LogP contribution in [-0.2, 0) is 13.1 Å². The Morgan fingerprint density at radius 2 is 2.21 bits per heavy atom. The van der Waals surface area contributed by atoms with Crippen LogP contribution < -0.4 is 0 Å². The van der Waals surface area contributed by atoms with Crippen molar-refractivity contribution in [3.8, 4) is 0 Å². The number of aromatic amines is 1. The molecule has 5 heteroatoms. The molecule has 3 rings (SSSR count). The van der Waals surface area contributed by atoms with Crippen molar-refractivity contribution in [2.45, 2.75) is 32.9 Å². The summed E-state index contributed by atoms with van der Waals surface area (Å²) in [6.07, 6.45) is 1.64. The highest BCUT2D eigenvalue weighted by Gasteiger charge is 2.29. The first-order valence-electron chi connectivity index (χ1n) is 6.43. The van der Waals surface area contributed by atoms with Crippen molar-refractivity contribution in [1.29, 1.82) is 0 Å². The molecule has 0 radical (unpaired) electrons. The van der Waals surface area contributed by atoms with E-state index < -0.39 is 0 Å². The van der Waals surface area contributed by atoms with Gasteiger partial charge >= 0.3 is 0 Å². The minimum Gasteiger partial charge on any atom is -0.327 e. The van der Waals surface area contributed by atoms with Crippen LogP contribution in [0, 0.1) is 0 Å². The molecule has 19 heavy (non-hydrogen) atoms. The summed E-state index contributed by atoms with van der Waals surface area (Å²) in [6, 6.07) is 5.39. The Labute approximate surface area is 111 Å². The maximum Gasteiger partial charge on any atom is 0.273 e. The van der Waals surface area contributed by atoms with E-state index >= 15 is 0 Å². The SMILES string of the molecule is CC(C)c1n[nH]c2c1CN(C(=O)c1ccccn1)C2. The molecule has 0 spiro atoms. The third-order valence-electron chi connectivity index (χ3n) is 3.40. The number of nitrogens with one attached hydrogen (secondary N) is 1. The van der Waals surface area contributed by atoms with E-state index in [1.165, 1.54) is 5.56 Å². The summed E-state index contributed by atoms with van der Waals surface area (Å²) in [5.41, 5.74) is 3.77. The molecule has 1 N–H and O–H groups in total. The van der Waals surface area contributed by atoms with Gasteiger partial charge < -0.3 is 4.90 Å². The van der Waals surface area contributed by atoms with Gasteiger partial charge in [0, 0.05) is 11.8 Å². The molecule has 0 unspecified atom stereocenters. The van der Waals surface area contributed by atoms with Crippen LogP contribution in [0.5, 0.6) is 0 Å². The van der Waals surface area contributed by atoms with Gasteiger partial charge in [0.1, 0.15) is 5.69 Å². The Bertz CT molecular complexity index is 603. The van der Waals surface area contributed by atoms with Crippen LogP contribution in [0.2, 0.25) is 0 Å². The fraction of sp³-hybridized carbons (Fsp3) is 0.357. The molecule has 0 saturated heterocycles. The average Bonchev–Trinajstić information content (AvgIpc) is 2.98. The number of H-pyrrole nitrogens is 1. The molecule has 0 aliphatic carbocycles. The lowest BCUT2D eigenvalue weighted by Gasteiger charge is -2.15. The van der Waals surface area contributed by atoms with E-state index in [1.54, 1.807) is 17.2 Å². The van der Waals surface area contributed by atoms with Crippen LogP contribution in [0.4, 0.5) is 0 Å². The number of hydrogen-bond acceptors (Lipinski definition) is 3. The van der Waals surface area contributed by atoms with Gasteiger partial charge in [0.15, 0.2) is 0 Å². The minimum atomic E-state index is -0.0279. The van der Waals surface area contributed by atoms with Gasteiger partial charge in [0.25, 0.3) is 5.91 Å². The first-order chi connectivity index (χ1) is 9.16. The van der Waals surface area contributed by atoms with Gasteiger partial charge in [-0.3, -0.25) is 14.9 Å². The summed E-state index contributed by atoms with van der Waals surface area (Å²) in [6.45, 7) is 5.43. The molecular formula is C14H16N4O. The van der Waals surface area contributed by atoms with Crippen LogP contribution in [0.3, 0.4) is 0 Å². The first-order valence-corrected chi connectivity index (χ1v) is 6.43. The maximum absolute atomic E-state index is 12.3. The van der Waals surface area contributed by atoms with E-state index in [2.05, 4.69) is 29.0 Å². The van der Waals surface area contributed by atoms with E-state index in [4.69, 9.17) is 0 Å². The molecular weight excluding hydrogens is 240 g/mol. The largest absolute Gasteiger partial charge is 0.327 e. The molecule has 98 valence electrons. The second-order valence-corrected chi connectivity index (χ2v) is 5.10. The van der Waals surface area contributed by atoms with Crippen LogP contribution >= 0.6 is 0 Å². The lowest BCUT2D eigenvalue weighted by atomic mass is 10.1. The zero-order chi connectivity index (χ0) is 13.4. The molecule has 5 nitrogen and oxygen atoms in total. The molecule has 3 heterocycles. The predicted octanol–water partition coefficient (Wildman–Crippen LogP) is 2.08. The first kappa shape index (κ1) is 11.9. The van der Waals surface area contributed by atoms with Crippen molar-refractivity contribution < 1.29 is 4.79 Å². The van der Waals surface area contributed by atoms with E-state index in [-0.39, 0.29) is 5.91 Å². The topological polar surface area (TPSA) is 61.9 Å². The van der Waals surface area contributed by atoms with E-state index in [0.717, 1.165) is 11.4 Å². The molecule has 0 atom stereocenters. The molecule has 0 saturated carbocycles. The molecule has 2 aromatic rings. The zero-order valence-corrected chi connectivity index (χ0v) is 11.1. The highest BCUT2D eigenvalue weighted by atomic mass is 16.2. The van der Waals surface area contributed by atoms with Crippen molar-refractivity contribution in [3.05, 3.63) is 47.0 Å². The third kappa shape index (κ3) is 2.01. The molecule has 1 aliphatic rings. The van der Waals surface area contributed by atoms with E-state index in [0.29, 0.717) is 24.7 Å². The Balaban J connectivity index is 1.83. The third-order valence-corrected chi connectivity index (χ3v) is 3.40. The highest BCUT2D eigenvalue weighted by molar-refractivity contribution is 5.92. The fourth-order valence-corrected chi connectivity index (χ4v) is 2.43. The number of pyridine rings is 1. The summed E-state index contributed by atoms with van der Waals surface area (Å²) < 4.78 is 0. The highest BCUT2D eigenvalue weighted by Crippen LogP contribution is 2.28. The Hall–Kier alpha value is -2.17. The van der Waals surface area contributed by atoms with E-state index in [1.807, 2.05) is 12.1 Å². The van der Waals surface area contributed by atoms with E-state index in [9.17, 15) is 4.79 Å². The Kier molecular flexibility index (Phi) is 2.81. The van der Waals surface area contributed by atoms with Crippen LogP contribution in [0.25, 0.3) is 0 Å². The Morgan fingerprint density at radius 1 is 1.37 bits per heavy atom. The number of amides is 1. The van der Waals surface area contributed by atoms with Crippen molar-refractivity contribution in [3.63, 3.8) is 0 Å². The van der Waals surface area contributed by atoms with Crippen LogP contribution in [0.15, 0.2) is 24.4 Å².